The lowest BCUT2D eigenvalue weighted by Gasteiger charge is -2.28. The van der Waals surface area contributed by atoms with Gasteiger partial charge >= 0.3 is 0 Å². The number of phenolic OH excluding ortho intramolecular Hbond substituents is 2. The first-order valence-corrected chi connectivity index (χ1v) is 28.3. The van der Waals surface area contributed by atoms with E-state index in [1.54, 1.807) is 12.1 Å². The molecule has 0 saturated heterocycles. The van der Waals surface area contributed by atoms with Crippen molar-refractivity contribution in [2.24, 2.45) is 0 Å². The number of nitrogens with one attached hydrogen (secondary N) is 2. The number of aromatic hydroxyl groups is 2. The van der Waals surface area contributed by atoms with E-state index in [4.69, 9.17) is 9.97 Å². The van der Waals surface area contributed by atoms with Crippen molar-refractivity contribution < 1.29 is 10.2 Å². The van der Waals surface area contributed by atoms with Crippen molar-refractivity contribution in [1.82, 2.24) is 19.9 Å². The molecule has 0 saturated carbocycles. The van der Waals surface area contributed by atoms with Crippen LogP contribution in [0.15, 0.2) is 97.1 Å². The third-order valence-corrected chi connectivity index (χ3v) is 18.0. The van der Waals surface area contributed by atoms with Crippen LogP contribution in [0.4, 0.5) is 0 Å². The van der Waals surface area contributed by atoms with Crippen LogP contribution < -0.4 is 0 Å². The highest BCUT2D eigenvalue weighted by Crippen LogP contribution is 2.56. The first-order chi connectivity index (χ1) is 37.0. The second-order valence-corrected chi connectivity index (χ2v) is 22.1. The molecule has 14 heterocycles. The molecule has 0 spiro atoms. The molecule has 13 aliphatic rings. The molecule has 11 aliphatic heterocycles. The van der Waals surface area contributed by atoms with E-state index in [0.29, 0.717) is 6.42 Å². The van der Waals surface area contributed by atoms with Gasteiger partial charge in [-0.1, -0.05) is 100 Å². The zero-order valence-electron chi connectivity index (χ0n) is 45.5. The van der Waals surface area contributed by atoms with Gasteiger partial charge in [0.1, 0.15) is 11.5 Å². The Hall–Kier alpha value is -7.70. The second kappa shape index (κ2) is 18.5. The minimum Gasteiger partial charge on any atom is -0.508 e. The van der Waals surface area contributed by atoms with Gasteiger partial charge in [0.2, 0.25) is 0 Å². The number of aryl methyl sites for hydroxylation is 8. The molecule has 4 N–H and O–H groups in total. The number of hydrogen-bond donors (Lipinski definition) is 4. The number of allylic oxidation sites excluding steroid dienone is 4. The van der Waals surface area contributed by atoms with Gasteiger partial charge in [0.15, 0.2) is 0 Å². The highest BCUT2D eigenvalue weighted by Gasteiger charge is 2.33. The number of H-pyrrole nitrogens is 2. The molecule has 3 aromatic heterocycles. The first-order valence-electron chi connectivity index (χ1n) is 28.3. The van der Waals surface area contributed by atoms with E-state index in [9.17, 15) is 10.2 Å². The third-order valence-electron chi connectivity index (χ3n) is 18.0. The normalized spacial score (nSPS) is 14.6. The number of nitrogens with zero attached hydrogens (tertiary/aromatic N) is 2. The summed E-state index contributed by atoms with van der Waals surface area (Å²) in [5.74, 6) is 0.575. The highest BCUT2D eigenvalue weighted by molar-refractivity contribution is 6.14. The zero-order valence-corrected chi connectivity index (χ0v) is 45.5. The van der Waals surface area contributed by atoms with E-state index in [0.717, 1.165) is 138 Å². The van der Waals surface area contributed by atoms with Crippen LogP contribution in [0.5, 0.6) is 11.5 Å². The van der Waals surface area contributed by atoms with Crippen LogP contribution in [0.1, 0.15) is 147 Å². The lowest BCUT2D eigenvalue weighted by Crippen LogP contribution is -2.04. The molecule has 8 aromatic rings. The third kappa shape index (κ3) is 7.34. The SMILES string of the molecule is CCC1=C(C)c2nc1cc1[nH]c(c(C)c1CC)c1c3nc(cc4[nH]c(c(C)c4CC)c2-c2cccc4c2-c2ccc(cc2-4)CCCCc2cc(O)c(cc2O)CCCCc2ccc4c(c2)-c2c-4cccc2-1)C(CC)=C3C. The number of aromatic amines is 2. The lowest BCUT2D eigenvalue weighted by molar-refractivity contribution is 0.446. The summed E-state index contributed by atoms with van der Waals surface area (Å²) in [5.41, 5.74) is 37.9. The largest absolute Gasteiger partial charge is 0.508 e. The summed E-state index contributed by atoms with van der Waals surface area (Å²) in [4.78, 5) is 19.9. The molecule has 21 rings (SSSR count). The number of benzene rings is 5. The van der Waals surface area contributed by atoms with Crippen molar-refractivity contribution in [3.8, 4) is 78.3 Å². The fraction of sp³-hybridized carbons (Fsp3) is 0.286. The van der Waals surface area contributed by atoms with E-state index in [1.807, 2.05) is 0 Å². The molecule has 6 nitrogen and oxygen atoms in total. The van der Waals surface area contributed by atoms with Gasteiger partial charge in [-0.05, 0) is 251 Å². The fourth-order valence-electron chi connectivity index (χ4n) is 14.0. The van der Waals surface area contributed by atoms with E-state index in [2.05, 4.69) is 150 Å². The molecule has 380 valence electrons. The molecular formula is C70H68N4O2. The molecule has 0 unspecified atom stereocenters. The maximum Gasteiger partial charge on any atom is 0.119 e. The zero-order chi connectivity index (χ0) is 52.3. The predicted molar refractivity (Wildman–Crippen MR) is 318 cm³/mol. The van der Waals surface area contributed by atoms with Crippen LogP contribution in [0.2, 0.25) is 0 Å². The Bertz CT molecular complexity index is 4060. The summed E-state index contributed by atoms with van der Waals surface area (Å²) in [6.07, 6.45) is 10.5. The van der Waals surface area contributed by atoms with Crippen molar-refractivity contribution in [3.05, 3.63) is 164 Å². The van der Waals surface area contributed by atoms with E-state index in [-0.39, 0.29) is 11.5 Å². The molecule has 5 aromatic carbocycles. The van der Waals surface area contributed by atoms with E-state index in [1.165, 1.54) is 111 Å². The molecule has 20 bridgehead atoms. The minimum atomic E-state index is 0.287. The van der Waals surface area contributed by atoms with Gasteiger partial charge in [0.05, 0.1) is 33.8 Å². The Labute approximate surface area is 447 Å². The minimum absolute atomic E-state index is 0.287. The van der Waals surface area contributed by atoms with Crippen LogP contribution in [0, 0.1) is 13.8 Å². The van der Waals surface area contributed by atoms with Gasteiger partial charge in [-0.2, -0.15) is 0 Å². The van der Waals surface area contributed by atoms with Crippen molar-refractivity contribution in [2.45, 2.75) is 132 Å². The Morgan fingerprint density at radius 1 is 0.421 bits per heavy atom. The molecular weight excluding hydrogens is 929 g/mol. The van der Waals surface area contributed by atoms with Gasteiger partial charge < -0.3 is 20.2 Å². The summed E-state index contributed by atoms with van der Waals surface area (Å²) < 4.78 is 0. The van der Waals surface area contributed by atoms with Gasteiger partial charge in [-0.3, -0.25) is 0 Å². The lowest BCUT2D eigenvalue weighted by atomic mass is 9.75. The summed E-state index contributed by atoms with van der Waals surface area (Å²) in [7, 11) is 0. The first kappa shape index (κ1) is 48.0. The number of fused-ring (bicyclic) bond motifs is 1. The van der Waals surface area contributed by atoms with Gasteiger partial charge in [0.25, 0.3) is 0 Å². The summed E-state index contributed by atoms with van der Waals surface area (Å²) in [6.45, 7) is 18.3. The standard InChI is InChI=1S/C70H68N4O2/c1-9-45-37(5)67-65-53-25-18-24-51-55-31-41(28-30-52(55)63(51)53)19-13-15-21-43-33-62(76)44(34-61(43)75)22-16-14-20-42-27-29-49-50-23-17-26-54(64(50)56(49)32-42)66(69-39(7)47(11-3)59(73-69)35-57(45)71-67)70-40(8)48(12-4)60(74-70)36-58-46(10-2)38(6)68(65)72-58/h17-18,23-36,71,74-76H,9-16,19-22H2,1-8H3. The van der Waals surface area contributed by atoms with Crippen LogP contribution in [0.3, 0.4) is 0 Å². The molecule has 6 heteroatoms. The molecule has 0 radical (unpaired) electrons. The second-order valence-electron chi connectivity index (χ2n) is 22.1. The summed E-state index contributed by atoms with van der Waals surface area (Å²) in [5, 5.41) is 22.4. The monoisotopic (exact) mass is 997 g/mol. The van der Waals surface area contributed by atoms with Crippen molar-refractivity contribution >= 4 is 44.4 Å². The highest BCUT2D eigenvalue weighted by atomic mass is 16.3. The van der Waals surface area contributed by atoms with Crippen LogP contribution in [-0.2, 0) is 38.5 Å². The number of hydrogen-bond acceptors (Lipinski definition) is 4. The topological polar surface area (TPSA) is 97.8 Å². The molecule has 0 atom stereocenters. The fourth-order valence-corrected chi connectivity index (χ4v) is 14.0. The summed E-state index contributed by atoms with van der Waals surface area (Å²) >= 11 is 0. The quantitative estimate of drug-likeness (QED) is 0.132. The Balaban J connectivity index is 1.11. The number of aromatic nitrogens is 4. The Morgan fingerprint density at radius 2 is 0.855 bits per heavy atom. The van der Waals surface area contributed by atoms with Crippen LogP contribution in [-0.4, -0.2) is 30.1 Å². The smallest absolute Gasteiger partial charge is 0.119 e. The maximum atomic E-state index is 11.2. The van der Waals surface area contributed by atoms with Gasteiger partial charge in [-0.15, -0.1) is 0 Å². The van der Waals surface area contributed by atoms with Crippen LogP contribution >= 0.6 is 0 Å². The van der Waals surface area contributed by atoms with Crippen molar-refractivity contribution in [3.63, 3.8) is 0 Å². The van der Waals surface area contributed by atoms with E-state index < -0.39 is 0 Å². The molecule has 2 aliphatic carbocycles. The maximum absolute atomic E-state index is 11.2. The Kier molecular flexibility index (Phi) is 11.7. The van der Waals surface area contributed by atoms with Crippen LogP contribution in [0.25, 0.3) is 111 Å². The van der Waals surface area contributed by atoms with Gasteiger partial charge in [-0.25, -0.2) is 9.97 Å². The average molecular weight is 997 g/mol. The summed E-state index contributed by atoms with van der Waals surface area (Å²) in [6, 6.07) is 36.1. The average Bonchev–Trinajstić information content (AvgIpc) is 4.23. The molecule has 0 amide bonds. The number of phenols is 2. The molecule has 0 fully saturated rings. The van der Waals surface area contributed by atoms with Crippen molar-refractivity contribution in [2.75, 3.05) is 0 Å². The Morgan fingerprint density at radius 3 is 1.34 bits per heavy atom. The number of rotatable bonds is 4. The molecule has 76 heavy (non-hydrogen) atoms. The van der Waals surface area contributed by atoms with Crippen molar-refractivity contribution in [1.29, 1.82) is 0 Å². The van der Waals surface area contributed by atoms with Gasteiger partial charge in [0, 0.05) is 22.2 Å². The van der Waals surface area contributed by atoms with E-state index >= 15 is 0 Å². The predicted octanol–water partition coefficient (Wildman–Crippen LogP) is 18.2.